The van der Waals surface area contributed by atoms with Crippen molar-refractivity contribution in [2.24, 2.45) is 0 Å². The summed E-state index contributed by atoms with van der Waals surface area (Å²) in [5, 5.41) is 13.7. The molecule has 0 unspecified atom stereocenters. The van der Waals surface area contributed by atoms with Crippen LogP contribution in [-0.2, 0) is 5.11 Å². The van der Waals surface area contributed by atoms with E-state index in [2.05, 4.69) is 16.9 Å². The molecule has 0 aliphatic heterocycles. The van der Waals surface area contributed by atoms with Gasteiger partial charge >= 0.3 is 0 Å². The summed E-state index contributed by atoms with van der Waals surface area (Å²) in [4.78, 5) is 3.92. The first-order valence-electron chi connectivity index (χ1n) is 3.31. The van der Waals surface area contributed by atoms with E-state index >= 15 is 0 Å². The average Bonchev–Trinajstić information content (AvgIpc) is 2.01. The Kier molecular flexibility index (Phi) is 2.49. The van der Waals surface area contributed by atoms with Crippen LogP contribution >= 0.6 is 0 Å². The molecule has 0 bridgehead atoms. The number of nitrogens with one attached hydrogen (secondary N) is 1. The number of pyridine rings is 1. The van der Waals surface area contributed by atoms with E-state index in [9.17, 15) is 5.11 Å². The van der Waals surface area contributed by atoms with Crippen LogP contribution in [0.3, 0.4) is 0 Å². The molecule has 0 aromatic carbocycles. The first-order valence-corrected chi connectivity index (χ1v) is 3.31. The van der Waals surface area contributed by atoms with E-state index in [1.807, 2.05) is 0 Å². The summed E-state index contributed by atoms with van der Waals surface area (Å²) in [6.45, 7) is 4.15. The molecule has 0 amide bonds. The zero-order valence-corrected chi connectivity index (χ0v) is 6.08. The van der Waals surface area contributed by atoms with Gasteiger partial charge < -0.3 is 5.32 Å². The van der Waals surface area contributed by atoms with Crippen molar-refractivity contribution < 1.29 is 5.11 Å². The number of rotatable bonds is 3. The van der Waals surface area contributed by atoms with Crippen molar-refractivity contribution in [1.29, 1.82) is 0 Å². The van der Waals surface area contributed by atoms with Gasteiger partial charge in [0.25, 0.3) is 0 Å². The summed E-state index contributed by atoms with van der Waals surface area (Å²) >= 11 is 0. The van der Waals surface area contributed by atoms with Gasteiger partial charge in [-0.15, -0.1) is 6.58 Å². The van der Waals surface area contributed by atoms with Crippen molar-refractivity contribution in [3.05, 3.63) is 31.0 Å². The Morgan fingerprint density at radius 3 is 3.18 bits per heavy atom. The van der Waals surface area contributed by atoms with E-state index in [0.717, 1.165) is 0 Å². The monoisotopic (exact) mass is 149 g/mol. The van der Waals surface area contributed by atoms with Gasteiger partial charge in [-0.1, -0.05) is 6.08 Å². The summed E-state index contributed by atoms with van der Waals surface area (Å²) in [6.07, 6.45) is 3.19. The Bertz CT molecular complexity index is 248. The fourth-order valence-electron chi connectivity index (χ4n) is 0.685. The second-order valence-corrected chi connectivity index (χ2v) is 2.05. The molecule has 0 fully saturated rings. The van der Waals surface area contributed by atoms with Gasteiger partial charge in [-0.05, 0) is 0 Å². The molecular formula is C8H9N2O. The van der Waals surface area contributed by atoms with E-state index < -0.39 is 0 Å². The molecule has 3 nitrogen and oxygen atoms in total. The minimum absolute atomic E-state index is 0.0356. The third kappa shape index (κ3) is 2.29. The lowest BCUT2D eigenvalue weighted by Gasteiger charge is -1.99. The van der Waals surface area contributed by atoms with E-state index in [1.165, 1.54) is 18.3 Å². The fraction of sp³-hybridized carbons (Fsp3) is 0.125. The van der Waals surface area contributed by atoms with Crippen LogP contribution < -0.4 is 5.32 Å². The molecule has 1 heterocycles. The van der Waals surface area contributed by atoms with Gasteiger partial charge in [0.15, 0.2) is 5.75 Å². The Morgan fingerprint density at radius 1 is 1.73 bits per heavy atom. The van der Waals surface area contributed by atoms with Crippen LogP contribution in [0.25, 0.3) is 0 Å². The van der Waals surface area contributed by atoms with Crippen molar-refractivity contribution in [3.63, 3.8) is 0 Å². The molecule has 11 heavy (non-hydrogen) atoms. The van der Waals surface area contributed by atoms with E-state index in [-0.39, 0.29) is 5.75 Å². The summed E-state index contributed by atoms with van der Waals surface area (Å²) < 4.78 is 0. The second-order valence-electron chi connectivity index (χ2n) is 2.05. The second kappa shape index (κ2) is 3.61. The first-order chi connectivity index (χ1) is 5.33. The molecule has 1 N–H and O–H groups in total. The van der Waals surface area contributed by atoms with Gasteiger partial charge in [-0.3, -0.25) is 5.11 Å². The fourth-order valence-corrected chi connectivity index (χ4v) is 0.685. The maximum Gasteiger partial charge on any atom is 0.183 e. The van der Waals surface area contributed by atoms with Crippen LogP contribution in [0.2, 0.25) is 0 Å². The molecule has 0 aliphatic rings. The highest BCUT2D eigenvalue weighted by molar-refractivity contribution is 5.39. The van der Waals surface area contributed by atoms with E-state index in [4.69, 9.17) is 0 Å². The maximum absolute atomic E-state index is 10.7. The van der Waals surface area contributed by atoms with Crippen molar-refractivity contribution in [1.82, 2.24) is 4.98 Å². The van der Waals surface area contributed by atoms with Gasteiger partial charge in [-0.25, -0.2) is 4.98 Å². The normalized spacial score (nSPS) is 9.09. The quantitative estimate of drug-likeness (QED) is 0.666. The molecule has 0 spiro atoms. The predicted molar refractivity (Wildman–Crippen MR) is 43.1 cm³/mol. The van der Waals surface area contributed by atoms with Crippen LogP contribution in [-0.4, -0.2) is 11.5 Å². The minimum atomic E-state index is -0.0356. The van der Waals surface area contributed by atoms with Gasteiger partial charge in [0.05, 0.1) is 0 Å². The molecule has 1 rings (SSSR count). The summed E-state index contributed by atoms with van der Waals surface area (Å²) in [6, 6.07) is 2.86. The molecule has 0 saturated heterocycles. The number of nitrogens with zero attached hydrogens (tertiary/aromatic N) is 1. The van der Waals surface area contributed by atoms with Gasteiger partial charge in [0.1, 0.15) is 5.82 Å². The standard InChI is InChI=1S/C8H9N2O/c1-2-4-9-8-6-7(11)3-5-10-8/h2-3,5-6H,1,4H2,(H,9,10). The number of aromatic nitrogens is 1. The topological polar surface area (TPSA) is 44.8 Å². The zero-order valence-electron chi connectivity index (χ0n) is 6.08. The maximum atomic E-state index is 10.7. The molecule has 1 aromatic rings. The molecular weight excluding hydrogens is 140 g/mol. The average molecular weight is 149 g/mol. The molecule has 3 heteroatoms. The lowest BCUT2D eigenvalue weighted by molar-refractivity contribution is 0.354. The largest absolute Gasteiger partial charge is 0.367 e. The number of anilines is 1. The van der Waals surface area contributed by atoms with Crippen molar-refractivity contribution in [2.75, 3.05) is 11.9 Å². The molecule has 57 valence electrons. The first kappa shape index (κ1) is 7.60. The Hall–Kier alpha value is -1.51. The van der Waals surface area contributed by atoms with Crippen LogP contribution in [0.1, 0.15) is 0 Å². The van der Waals surface area contributed by atoms with Crippen LogP contribution in [0.15, 0.2) is 31.0 Å². The molecule has 1 aromatic heterocycles. The van der Waals surface area contributed by atoms with Crippen LogP contribution in [0.5, 0.6) is 5.75 Å². The van der Waals surface area contributed by atoms with Gasteiger partial charge in [-0.2, -0.15) is 0 Å². The van der Waals surface area contributed by atoms with E-state index in [1.54, 1.807) is 6.08 Å². The summed E-state index contributed by atoms with van der Waals surface area (Å²) in [5.41, 5.74) is 0. The smallest absolute Gasteiger partial charge is 0.183 e. The molecule has 0 saturated carbocycles. The van der Waals surface area contributed by atoms with E-state index in [0.29, 0.717) is 12.4 Å². The SMILES string of the molecule is C=CCNc1cc([O])ccn1. The zero-order chi connectivity index (χ0) is 8.10. The summed E-state index contributed by atoms with van der Waals surface area (Å²) in [5.74, 6) is 0.559. The number of hydrogen-bond acceptors (Lipinski definition) is 2. The van der Waals surface area contributed by atoms with Crippen molar-refractivity contribution in [2.45, 2.75) is 0 Å². The lowest BCUT2D eigenvalue weighted by atomic mass is 10.4. The van der Waals surface area contributed by atoms with Crippen molar-refractivity contribution in [3.8, 4) is 5.75 Å². The highest BCUT2D eigenvalue weighted by atomic mass is 16.3. The summed E-state index contributed by atoms with van der Waals surface area (Å²) in [7, 11) is 0. The Balaban J connectivity index is 2.63. The third-order valence-corrected chi connectivity index (χ3v) is 1.16. The molecule has 0 aliphatic carbocycles. The highest BCUT2D eigenvalue weighted by Crippen LogP contribution is 2.11. The number of hydrogen-bond donors (Lipinski definition) is 1. The van der Waals surface area contributed by atoms with Gasteiger partial charge in [0, 0.05) is 24.9 Å². The predicted octanol–water partition coefficient (Wildman–Crippen LogP) is 1.82. The third-order valence-electron chi connectivity index (χ3n) is 1.16. The molecule has 0 atom stereocenters. The highest BCUT2D eigenvalue weighted by Gasteiger charge is 1.93. The minimum Gasteiger partial charge on any atom is -0.367 e. The van der Waals surface area contributed by atoms with Crippen molar-refractivity contribution >= 4 is 5.82 Å². The van der Waals surface area contributed by atoms with Crippen LogP contribution in [0.4, 0.5) is 5.82 Å². The van der Waals surface area contributed by atoms with Gasteiger partial charge in [0.2, 0.25) is 0 Å². The van der Waals surface area contributed by atoms with Crippen LogP contribution in [0, 0.1) is 0 Å². The molecule has 1 radical (unpaired) electrons. The Labute approximate surface area is 65.4 Å². The Morgan fingerprint density at radius 2 is 2.55 bits per heavy atom. The lowest BCUT2D eigenvalue weighted by Crippen LogP contribution is -1.98.